The summed E-state index contributed by atoms with van der Waals surface area (Å²) in [6.07, 6.45) is 3.24. The molecule has 0 unspecified atom stereocenters. The van der Waals surface area contributed by atoms with Gasteiger partial charge in [0.05, 0.1) is 6.54 Å². The first-order chi connectivity index (χ1) is 8.22. The minimum atomic E-state index is 0.135. The Bertz CT molecular complexity index is 504. The van der Waals surface area contributed by atoms with E-state index >= 15 is 0 Å². The van der Waals surface area contributed by atoms with Crippen LogP contribution in [0, 0.1) is 17.8 Å². The highest BCUT2D eigenvalue weighted by molar-refractivity contribution is 7.09. The molecule has 0 aromatic carbocycles. The highest BCUT2D eigenvalue weighted by atomic mass is 32.1. The van der Waals surface area contributed by atoms with Crippen LogP contribution in [0.2, 0.25) is 0 Å². The zero-order chi connectivity index (χ0) is 12.3. The fourth-order valence-electron chi connectivity index (χ4n) is 2.13. The zero-order valence-electron chi connectivity index (χ0n) is 10.3. The molecule has 0 radical (unpaired) electrons. The molecular formula is C13H17NO2S. The molecule has 0 N–H and O–H groups in total. The van der Waals surface area contributed by atoms with Crippen LogP contribution in [0.25, 0.3) is 0 Å². The van der Waals surface area contributed by atoms with Crippen molar-refractivity contribution in [3.8, 4) is 11.8 Å². The van der Waals surface area contributed by atoms with Gasteiger partial charge in [0.2, 0.25) is 0 Å². The van der Waals surface area contributed by atoms with Crippen LogP contribution in [-0.4, -0.2) is 18.3 Å². The molecule has 0 amide bonds. The second-order valence-corrected chi connectivity index (χ2v) is 5.50. The fraction of sp³-hybridized carbons (Fsp3) is 0.615. The maximum Gasteiger partial charge on any atom is 0.308 e. The molecule has 0 bridgehead atoms. The lowest BCUT2D eigenvalue weighted by Crippen LogP contribution is -2.18. The van der Waals surface area contributed by atoms with E-state index in [0.29, 0.717) is 19.1 Å². The Labute approximate surface area is 105 Å². The average Bonchev–Trinajstić information content (AvgIpc) is 2.60. The fourth-order valence-corrected chi connectivity index (χ4v) is 3.33. The summed E-state index contributed by atoms with van der Waals surface area (Å²) >= 11 is 1.39. The normalized spacial score (nSPS) is 18.4. The molecule has 0 aliphatic heterocycles. The van der Waals surface area contributed by atoms with E-state index in [1.54, 1.807) is 7.11 Å². The maximum atomic E-state index is 11.9. The van der Waals surface area contributed by atoms with Crippen molar-refractivity contribution in [2.75, 3.05) is 13.7 Å². The van der Waals surface area contributed by atoms with E-state index < -0.39 is 0 Å². The summed E-state index contributed by atoms with van der Waals surface area (Å²) < 4.78 is 6.69. The quantitative estimate of drug-likeness (QED) is 0.749. The van der Waals surface area contributed by atoms with Crippen molar-refractivity contribution in [1.29, 1.82) is 0 Å². The SMILES string of the molecule is COCC#CCn1c2c(sc1=O)C[C@@H](C)CC2. The van der Waals surface area contributed by atoms with Crippen LogP contribution in [0.15, 0.2) is 4.79 Å². The lowest BCUT2D eigenvalue weighted by Gasteiger charge is -2.18. The molecular weight excluding hydrogens is 234 g/mol. The highest BCUT2D eigenvalue weighted by Crippen LogP contribution is 2.26. The van der Waals surface area contributed by atoms with Gasteiger partial charge in [0.25, 0.3) is 0 Å². The van der Waals surface area contributed by atoms with Gasteiger partial charge in [-0.05, 0) is 25.2 Å². The summed E-state index contributed by atoms with van der Waals surface area (Å²) in [6.45, 7) is 3.18. The van der Waals surface area contributed by atoms with E-state index in [0.717, 1.165) is 12.8 Å². The molecule has 1 aliphatic rings. The number of fused-ring (bicyclic) bond motifs is 1. The third kappa shape index (κ3) is 2.80. The first kappa shape index (κ1) is 12.4. The number of hydrogen-bond acceptors (Lipinski definition) is 3. The number of nitrogens with zero attached hydrogens (tertiary/aromatic N) is 1. The third-order valence-electron chi connectivity index (χ3n) is 3.07. The molecule has 92 valence electrons. The Morgan fingerprint density at radius 3 is 3.12 bits per heavy atom. The lowest BCUT2D eigenvalue weighted by molar-refractivity contribution is 0.239. The van der Waals surface area contributed by atoms with Gasteiger partial charge >= 0.3 is 4.87 Å². The minimum Gasteiger partial charge on any atom is -0.372 e. The van der Waals surface area contributed by atoms with Crippen LogP contribution in [0.1, 0.15) is 23.9 Å². The smallest absolute Gasteiger partial charge is 0.308 e. The summed E-state index contributed by atoms with van der Waals surface area (Å²) in [6, 6.07) is 0. The number of methoxy groups -OCH3 is 1. The van der Waals surface area contributed by atoms with Crippen LogP contribution < -0.4 is 4.87 Å². The predicted molar refractivity (Wildman–Crippen MR) is 69.4 cm³/mol. The van der Waals surface area contributed by atoms with Crippen molar-refractivity contribution in [3.63, 3.8) is 0 Å². The molecule has 0 saturated heterocycles. The summed E-state index contributed by atoms with van der Waals surface area (Å²) in [7, 11) is 1.62. The summed E-state index contributed by atoms with van der Waals surface area (Å²) in [5.74, 6) is 6.58. The van der Waals surface area contributed by atoms with Gasteiger partial charge in [-0.2, -0.15) is 0 Å². The Morgan fingerprint density at radius 1 is 1.53 bits per heavy atom. The van der Waals surface area contributed by atoms with Crippen molar-refractivity contribution >= 4 is 11.3 Å². The van der Waals surface area contributed by atoms with Gasteiger partial charge in [0.1, 0.15) is 6.61 Å². The zero-order valence-corrected chi connectivity index (χ0v) is 11.1. The number of thiazole rings is 1. The molecule has 0 spiro atoms. The van der Waals surface area contributed by atoms with Crippen molar-refractivity contribution in [3.05, 3.63) is 20.2 Å². The highest BCUT2D eigenvalue weighted by Gasteiger charge is 2.21. The average molecular weight is 251 g/mol. The molecule has 2 rings (SSSR count). The van der Waals surface area contributed by atoms with Crippen LogP contribution >= 0.6 is 11.3 Å². The first-order valence-electron chi connectivity index (χ1n) is 5.88. The van der Waals surface area contributed by atoms with E-state index in [2.05, 4.69) is 18.8 Å². The Morgan fingerprint density at radius 2 is 2.35 bits per heavy atom. The number of hydrogen-bond donors (Lipinski definition) is 0. The van der Waals surface area contributed by atoms with Gasteiger partial charge in [-0.1, -0.05) is 30.1 Å². The van der Waals surface area contributed by atoms with Gasteiger partial charge < -0.3 is 4.74 Å². The van der Waals surface area contributed by atoms with E-state index in [4.69, 9.17) is 4.74 Å². The number of rotatable bonds is 2. The van der Waals surface area contributed by atoms with Crippen LogP contribution in [0.3, 0.4) is 0 Å². The third-order valence-corrected chi connectivity index (χ3v) is 4.11. The van der Waals surface area contributed by atoms with E-state index in [9.17, 15) is 4.79 Å². The van der Waals surface area contributed by atoms with E-state index in [1.807, 2.05) is 4.57 Å². The Balaban J connectivity index is 2.19. The monoisotopic (exact) mass is 251 g/mol. The van der Waals surface area contributed by atoms with Crippen molar-refractivity contribution in [2.24, 2.45) is 5.92 Å². The number of ether oxygens (including phenoxy) is 1. The summed E-state index contributed by atoms with van der Waals surface area (Å²) in [4.78, 5) is 13.3. The van der Waals surface area contributed by atoms with Crippen molar-refractivity contribution < 1.29 is 4.74 Å². The van der Waals surface area contributed by atoms with Gasteiger partial charge in [0.15, 0.2) is 0 Å². The molecule has 1 aromatic heterocycles. The minimum absolute atomic E-state index is 0.135. The van der Waals surface area contributed by atoms with Crippen LogP contribution in [-0.2, 0) is 24.1 Å². The van der Waals surface area contributed by atoms with E-state index in [-0.39, 0.29) is 4.87 Å². The Kier molecular flexibility index (Phi) is 4.03. The Hall–Kier alpha value is -1.05. The molecule has 1 aliphatic carbocycles. The molecule has 1 aromatic rings. The molecule has 0 fully saturated rings. The summed E-state index contributed by atoms with van der Waals surface area (Å²) in [5, 5.41) is 0. The molecule has 1 atom stereocenters. The van der Waals surface area contributed by atoms with Crippen LogP contribution in [0.4, 0.5) is 0 Å². The summed E-state index contributed by atoms with van der Waals surface area (Å²) in [5.41, 5.74) is 1.21. The molecule has 1 heterocycles. The van der Waals surface area contributed by atoms with Gasteiger partial charge in [-0.3, -0.25) is 9.36 Å². The second kappa shape index (κ2) is 5.52. The van der Waals surface area contributed by atoms with Gasteiger partial charge in [-0.25, -0.2) is 0 Å². The molecule has 17 heavy (non-hydrogen) atoms. The second-order valence-electron chi connectivity index (χ2n) is 4.46. The molecule has 4 heteroatoms. The van der Waals surface area contributed by atoms with Crippen molar-refractivity contribution in [2.45, 2.75) is 32.7 Å². The lowest BCUT2D eigenvalue weighted by atomic mass is 9.93. The first-order valence-corrected chi connectivity index (χ1v) is 6.70. The van der Waals surface area contributed by atoms with Gasteiger partial charge in [0, 0.05) is 17.7 Å². The molecule has 0 saturated carbocycles. The standard InChI is InChI=1S/C13H17NO2S/c1-10-5-6-11-12(9-10)17-13(15)14(11)7-3-4-8-16-2/h10H,5-9H2,1-2H3/t10-/m0/s1. The van der Waals surface area contributed by atoms with Crippen molar-refractivity contribution in [1.82, 2.24) is 4.57 Å². The predicted octanol–water partition coefficient (Wildman–Crippen LogP) is 1.68. The van der Waals surface area contributed by atoms with E-state index in [1.165, 1.54) is 28.3 Å². The molecule has 3 nitrogen and oxygen atoms in total. The number of aromatic nitrogens is 1. The topological polar surface area (TPSA) is 31.2 Å². The van der Waals surface area contributed by atoms with Gasteiger partial charge in [-0.15, -0.1) is 0 Å². The van der Waals surface area contributed by atoms with Crippen LogP contribution in [0.5, 0.6) is 0 Å². The maximum absolute atomic E-state index is 11.9. The largest absolute Gasteiger partial charge is 0.372 e.